The highest BCUT2D eigenvalue weighted by molar-refractivity contribution is 9.09. The molecule has 3 heteroatoms. The molecule has 2 aromatic carbocycles. The Bertz CT molecular complexity index is 542. The van der Waals surface area contributed by atoms with E-state index < -0.39 is 11.6 Å². The highest BCUT2D eigenvalue weighted by Crippen LogP contribution is 2.34. The van der Waals surface area contributed by atoms with Crippen LogP contribution in [0.15, 0.2) is 48.5 Å². The van der Waals surface area contributed by atoms with E-state index in [-0.39, 0.29) is 5.41 Å². The first-order valence-corrected chi connectivity index (χ1v) is 7.78. The molecule has 1 unspecified atom stereocenters. The van der Waals surface area contributed by atoms with Crippen LogP contribution in [0.3, 0.4) is 0 Å². The van der Waals surface area contributed by atoms with Gasteiger partial charge in [-0.3, -0.25) is 0 Å². The molecule has 0 spiro atoms. The van der Waals surface area contributed by atoms with E-state index >= 15 is 0 Å². The Kier molecular flexibility index (Phi) is 4.92. The fraction of sp³-hybridized carbons (Fsp3) is 0.294. The molecule has 0 aliphatic rings. The number of hydrogen-bond acceptors (Lipinski definition) is 0. The lowest BCUT2D eigenvalue weighted by atomic mass is 9.75. The van der Waals surface area contributed by atoms with Gasteiger partial charge in [0.2, 0.25) is 0 Å². The molecule has 2 rings (SSSR count). The molecule has 0 bridgehead atoms. The molecule has 20 heavy (non-hydrogen) atoms. The molecule has 2 aromatic rings. The van der Waals surface area contributed by atoms with Crippen LogP contribution in [-0.2, 0) is 11.8 Å². The first-order chi connectivity index (χ1) is 9.59. The van der Waals surface area contributed by atoms with Gasteiger partial charge in [0.05, 0.1) is 0 Å². The van der Waals surface area contributed by atoms with Crippen LogP contribution in [0.25, 0.3) is 0 Å². The molecule has 0 aliphatic heterocycles. The zero-order valence-electron chi connectivity index (χ0n) is 11.4. The molecular formula is C17H17BrF2. The van der Waals surface area contributed by atoms with E-state index in [1.165, 1.54) is 17.7 Å². The highest BCUT2D eigenvalue weighted by Gasteiger charge is 2.29. The largest absolute Gasteiger partial charge is 0.207 e. The van der Waals surface area contributed by atoms with Gasteiger partial charge in [-0.2, -0.15) is 0 Å². The molecule has 0 nitrogen and oxygen atoms in total. The number of hydrogen-bond donors (Lipinski definition) is 0. The van der Waals surface area contributed by atoms with E-state index in [0.29, 0.717) is 12.0 Å². The quantitative estimate of drug-likeness (QED) is 0.653. The van der Waals surface area contributed by atoms with Crippen LogP contribution >= 0.6 is 15.9 Å². The monoisotopic (exact) mass is 338 g/mol. The van der Waals surface area contributed by atoms with Crippen molar-refractivity contribution in [1.82, 2.24) is 0 Å². The zero-order chi connectivity index (χ0) is 14.6. The van der Waals surface area contributed by atoms with Crippen molar-refractivity contribution < 1.29 is 8.78 Å². The third-order valence-corrected chi connectivity index (χ3v) is 4.86. The van der Waals surface area contributed by atoms with E-state index in [4.69, 9.17) is 0 Å². The summed E-state index contributed by atoms with van der Waals surface area (Å²) in [6.45, 7) is 2.10. The van der Waals surface area contributed by atoms with Gasteiger partial charge < -0.3 is 0 Å². The van der Waals surface area contributed by atoms with Crippen LogP contribution in [0, 0.1) is 11.6 Å². The third kappa shape index (κ3) is 3.26. The predicted molar refractivity (Wildman–Crippen MR) is 82.3 cm³/mol. The molecule has 0 heterocycles. The minimum Gasteiger partial charge on any atom is -0.207 e. The fourth-order valence-corrected chi connectivity index (χ4v) is 3.46. The molecular weight excluding hydrogens is 322 g/mol. The van der Waals surface area contributed by atoms with E-state index in [1.807, 2.05) is 18.2 Å². The topological polar surface area (TPSA) is 0 Å². The van der Waals surface area contributed by atoms with Gasteiger partial charge in [0.25, 0.3) is 0 Å². The average Bonchev–Trinajstić information content (AvgIpc) is 2.45. The SMILES string of the molecule is CCC(CBr)(Cc1cc(F)cc(F)c1)c1ccccc1. The summed E-state index contributed by atoms with van der Waals surface area (Å²) >= 11 is 3.58. The van der Waals surface area contributed by atoms with Gasteiger partial charge in [-0.25, -0.2) is 8.78 Å². The molecule has 0 N–H and O–H groups in total. The minimum atomic E-state index is -0.521. The number of halogens is 3. The van der Waals surface area contributed by atoms with E-state index in [0.717, 1.165) is 17.8 Å². The Morgan fingerprint density at radius 3 is 2.10 bits per heavy atom. The first-order valence-electron chi connectivity index (χ1n) is 6.66. The van der Waals surface area contributed by atoms with Gasteiger partial charge in [0.15, 0.2) is 0 Å². The first kappa shape index (κ1) is 15.2. The Morgan fingerprint density at radius 1 is 1.00 bits per heavy atom. The Morgan fingerprint density at radius 2 is 1.60 bits per heavy atom. The Balaban J connectivity index is 2.39. The maximum Gasteiger partial charge on any atom is 0.126 e. The normalized spacial score (nSPS) is 14.0. The van der Waals surface area contributed by atoms with Crippen LogP contribution in [0.5, 0.6) is 0 Å². The molecule has 0 saturated heterocycles. The van der Waals surface area contributed by atoms with E-state index in [1.54, 1.807) is 0 Å². The number of rotatable bonds is 5. The van der Waals surface area contributed by atoms with Gasteiger partial charge >= 0.3 is 0 Å². The molecule has 0 aromatic heterocycles. The van der Waals surface area contributed by atoms with Crippen molar-refractivity contribution in [1.29, 1.82) is 0 Å². The lowest BCUT2D eigenvalue weighted by Gasteiger charge is -2.32. The molecule has 0 aliphatic carbocycles. The summed E-state index contributed by atoms with van der Waals surface area (Å²) in [7, 11) is 0. The number of alkyl halides is 1. The summed E-state index contributed by atoms with van der Waals surface area (Å²) in [5.41, 5.74) is 1.72. The number of benzene rings is 2. The molecule has 106 valence electrons. The zero-order valence-corrected chi connectivity index (χ0v) is 13.0. The van der Waals surface area contributed by atoms with E-state index in [2.05, 4.69) is 35.0 Å². The van der Waals surface area contributed by atoms with Crippen molar-refractivity contribution in [2.45, 2.75) is 25.2 Å². The molecule has 0 amide bonds. The summed E-state index contributed by atoms with van der Waals surface area (Å²) in [5.74, 6) is -1.04. The summed E-state index contributed by atoms with van der Waals surface area (Å²) in [5, 5.41) is 0.749. The summed E-state index contributed by atoms with van der Waals surface area (Å²) in [4.78, 5) is 0. The lowest BCUT2D eigenvalue weighted by molar-refractivity contribution is 0.461. The lowest BCUT2D eigenvalue weighted by Crippen LogP contribution is -2.30. The minimum absolute atomic E-state index is 0.151. The second-order valence-corrected chi connectivity index (χ2v) is 5.65. The van der Waals surface area contributed by atoms with Gasteiger partial charge in [0.1, 0.15) is 11.6 Å². The average molecular weight is 339 g/mol. The van der Waals surface area contributed by atoms with Crippen LogP contribution in [0.1, 0.15) is 24.5 Å². The molecule has 0 fully saturated rings. The van der Waals surface area contributed by atoms with E-state index in [9.17, 15) is 8.78 Å². The Hall–Kier alpha value is -1.22. The van der Waals surface area contributed by atoms with Gasteiger partial charge in [0, 0.05) is 16.8 Å². The maximum absolute atomic E-state index is 13.4. The van der Waals surface area contributed by atoms with Crippen molar-refractivity contribution in [3.8, 4) is 0 Å². The fourth-order valence-electron chi connectivity index (χ4n) is 2.55. The van der Waals surface area contributed by atoms with Gasteiger partial charge in [-0.15, -0.1) is 0 Å². The smallest absolute Gasteiger partial charge is 0.126 e. The maximum atomic E-state index is 13.4. The molecule has 0 saturated carbocycles. The summed E-state index contributed by atoms with van der Waals surface area (Å²) < 4.78 is 26.7. The van der Waals surface area contributed by atoms with Gasteiger partial charge in [-0.1, -0.05) is 53.2 Å². The van der Waals surface area contributed by atoms with Crippen molar-refractivity contribution in [2.24, 2.45) is 0 Å². The molecule has 1 atom stereocenters. The second kappa shape index (κ2) is 6.49. The van der Waals surface area contributed by atoms with Crippen molar-refractivity contribution >= 4 is 15.9 Å². The highest BCUT2D eigenvalue weighted by atomic mass is 79.9. The standard InChI is InChI=1S/C17H17BrF2/c1-2-17(12-18,14-6-4-3-5-7-14)11-13-8-15(19)10-16(20)9-13/h3-10H,2,11-12H2,1H3. The second-order valence-electron chi connectivity index (χ2n) is 5.09. The third-order valence-electron chi connectivity index (χ3n) is 3.78. The van der Waals surface area contributed by atoms with Crippen molar-refractivity contribution in [3.05, 3.63) is 71.3 Å². The van der Waals surface area contributed by atoms with Crippen molar-refractivity contribution in [3.63, 3.8) is 0 Å². The van der Waals surface area contributed by atoms with Crippen LogP contribution < -0.4 is 0 Å². The van der Waals surface area contributed by atoms with Crippen LogP contribution in [-0.4, -0.2) is 5.33 Å². The Labute approximate surface area is 127 Å². The van der Waals surface area contributed by atoms with Crippen LogP contribution in [0.4, 0.5) is 8.78 Å². The van der Waals surface area contributed by atoms with Crippen LogP contribution in [0.2, 0.25) is 0 Å². The predicted octanol–water partition coefficient (Wildman–Crippen LogP) is 5.25. The van der Waals surface area contributed by atoms with Crippen molar-refractivity contribution in [2.75, 3.05) is 5.33 Å². The summed E-state index contributed by atoms with van der Waals surface area (Å²) in [6.07, 6.45) is 1.49. The van der Waals surface area contributed by atoms with Gasteiger partial charge in [-0.05, 0) is 36.1 Å². The molecule has 0 radical (unpaired) electrons. The summed E-state index contributed by atoms with van der Waals surface area (Å²) in [6, 6.07) is 13.8.